The van der Waals surface area contributed by atoms with Gasteiger partial charge in [0.15, 0.2) is 0 Å². The average Bonchev–Trinajstić information content (AvgIpc) is 3.32. The standard InChI is InChI=1S/C31H39N3O3/c1-33-19-11-3-2-4-12-20-34(30(35)21-23-22-32-26-15-7-5-13-24(23)26)27-16-8-10-18-29(27)37-28-17-9-6-14-25(28)31(33)36/h5-7,9,13-15,17,22,27,29,32H,2-4,8,10-12,16,18-21H2,1H3/t27-,29+/m1/s1. The van der Waals surface area contributed by atoms with Gasteiger partial charge in [0.05, 0.1) is 18.0 Å². The van der Waals surface area contributed by atoms with Crippen molar-refractivity contribution in [3.63, 3.8) is 0 Å². The molecule has 1 saturated carbocycles. The summed E-state index contributed by atoms with van der Waals surface area (Å²) in [6.07, 6.45) is 11.5. The maximum Gasteiger partial charge on any atom is 0.257 e. The summed E-state index contributed by atoms with van der Waals surface area (Å²) in [7, 11) is 1.88. The molecule has 0 saturated heterocycles. The van der Waals surface area contributed by atoms with Gasteiger partial charge in [0, 0.05) is 37.2 Å². The molecule has 0 bridgehead atoms. The van der Waals surface area contributed by atoms with Crippen molar-refractivity contribution in [2.24, 2.45) is 0 Å². The smallest absolute Gasteiger partial charge is 0.257 e. The summed E-state index contributed by atoms with van der Waals surface area (Å²) in [4.78, 5) is 34.4. The van der Waals surface area contributed by atoms with E-state index in [1.165, 1.54) is 0 Å². The number of carbonyl (C=O) groups is 2. The van der Waals surface area contributed by atoms with Gasteiger partial charge in [0.1, 0.15) is 11.9 Å². The number of para-hydroxylation sites is 2. The highest BCUT2D eigenvalue weighted by Gasteiger charge is 2.35. The number of aromatic nitrogens is 1. The van der Waals surface area contributed by atoms with E-state index in [4.69, 9.17) is 4.74 Å². The molecule has 0 spiro atoms. The van der Waals surface area contributed by atoms with Crippen LogP contribution >= 0.6 is 0 Å². The van der Waals surface area contributed by atoms with Crippen LogP contribution in [0.3, 0.4) is 0 Å². The minimum Gasteiger partial charge on any atom is -0.487 e. The molecule has 0 unspecified atom stereocenters. The molecule has 6 nitrogen and oxygen atoms in total. The number of ether oxygens (including phenoxy) is 1. The summed E-state index contributed by atoms with van der Waals surface area (Å²) in [6.45, 7) is 1.50. The van der Waals surface area contributed by atoms with Crippen LogP contribution in [0, 0.1) is 0 Å². The van der Waals surface area contributed by atoms with Gasteiger partial charge >= 0.3 is 0 Å². The monoisotopic (exact) mass is 501 g/mol. The third-order valence-electron chi connectivity index (χ3n) is 8.04. The summed E-state index contributed by atoms with van der Waals surface area (Å²) in [6, 6.07) is 15.8. The van der Waals surface area contributed by atoms with Crippen molar-refractivity contribution >= 4 is 22.7 Å². The van der Waals surface area contributed by atoms with Crippen LogP contribution in [0.4, 0.5) is 0 Å². The van der Waals surface area contributed by atoms with Crippen molar-refractivity contribution in [1.82, 2.24) is 14.8 Å². The maximum absolute atomic E-state index is 13.9. The zero-order valence-electron chi connectivity index (χ0n) is 22.0. The first kappa shape index (κ1) is 25.4. The highest BCUT2D eigenvalue weighted by Crippen LogP contribution is 2.31. The topological polar surface area (TPSA) is 65.6 Å². The molecule has 2 aromatic carbocycles. The Kier molecular flexibility index (Phi) is 8.12. The number of fused-ring (bicyclic) bond motifs is 3. The fraction of sp³-hybridized carbons (Fsp3) is 0.484. The number of hydrogen-bond acceptors (Lipinski definition) is 3. The van der Waals surface area contributed by atoms with Crippen LogP contribution in [-0.4, -0.2) is 58.9 Å². The van der Waals surface area contributed by atoms with Crippen LogP contribution in [0.2, 0.25) is 0 Å². The van der Waals surface area contributed by atoms with Crippen LogP contribution in [0.15, 0.2) is 54.7 Å². The fourth-order valence-corrected chi connectivity index (χ4v) is 5.97. The number of carbonyl (C=O) groups excluding carboxylic acids is 2. The van der Waals surface area contributed by atoms with Crippen LogP contribution in [-0.2, 0) is 11.2 Å². The molecular formula is C31H39N3O3. The van der Waals surface area contributed by atoms with Crippen molar-refractivity contribution < 1.29 is 14.3 Å². The van der Waals surface area contributed by atoms with E-state index in [-0.39, 0.29) is 24.0 Å². The van der Waals surface area contributed by atoms with Crippen molar-refractivity contribution in [3.8, 4) is 5.75 Å². The Morgan fingerprint density at radius 1 is 0.919 bits per heavy atom. The molecule has 1 aliphatic heterocycles. The molecular weight excluding hydrogens is 462 g/mol. The molecule has 2 heterocycles. The van der Waals surface area contributed by atoms with E-state index in [9.17, 15) is 9.59 Å². The zero-order valence-corrected chi connectivity index (χ0v) is 22.0. The van der Waals surface area contributed by atoms with Crippen LogP contribution < -0.4 is 4.74 Å². The van der Waals surface area contributed by atoms with Gasteiger partial charge in [-0.1, -0.05) is 56.0 Å². The van der Waals surface area contributed by atoms with Gasteiger partial charge in [-0.25, -0.2) is 0 Å². The maximum atomic E-state index is 13.9. The molecule has 1 N–H and O–H groups in total. The molecule has 5 rings (SSSR count). The molecule has 2 amide bonds. The lowest BCUT2D eigenvalue weighted by atomic mass is 9.90. The largest absolute Gasteiger partial charge is 0.487 e. The lowest BCUT2D eigenvalue weighted by Crippen LogP contribution is -2.51. The quantitative estimate of drug-likeness (QED) is 0.471. The molecule has 2 atom stereocenters. The number of nitrogens with one attached hydrogen (secondary N) is 1. The van der Waals surface area contributed by atoms with E-state index in [2.05, 4.69) is 22.0 Å². The second kappa shape index (κ2) is 11.8. The van der Waals surface area contributed by atoms with Crippen molar-refractivity contribution in [2.75, 3.05) is 20.1 Å². The number of hydrogen-bond donors (Lipinski definition) is 1. The molecule has 1 aliphatic carbocycles. The van der Waals surface area contributed by atoms with E-state index in [1.54, 1.807) is 0 Å². The van der Waals surface area contributed by atoms with Gasteiger partial charge in [-0.15, -0.1) is 0 Å². The normalized spacial score (nSPS) is 21.9. The van der Waals surface area contributed by atoms with E-state index in [0.717, 1.165) is 87.3 Å². The second-order valence-corrected chi connectivity index (χ2v) is 10.6. The minimum atomic E-state index is -0.120. The fourth-order valence-electron chi connectivity index (χ4n) is 5.97. The zero-order chi connectivity index (χ0) is 25.6. The van der Waals surface area contributed by atoms with Gasteiger partial charge < -0.3 is 19.5 Å². The minimum absolute atomic E-state index is 0.00472. The number of rotatable bonds is 2. The van der Waals surface area contributed by atoms with Crippen LogP contribution in [0.1, 0.15) is 73.7 Å². The molecule has 1 aromatic heterocycles. The third kappa shape index (κ3) is 5.84. The van der Waals surface area contributed by atoms with Crippen molar-refractivity contribution in [2.45, 2.75) is 76.4 Å². The van der Waals surface area contributed by atoms with Gasteiger partial charge in [-0.3, -0.25) is 9.59 Å². The Bertz CT molecular complexity index is 1220. The van der Waals surface area contributed by atoms with Crippen LogP contribution in [0.5, 0.6) is 5.75 Å². The first-order valence-electron chi connectivity index (χ1n) is 14.0. The highest BCUT2D eigenvalue weighted by molar-refractivity contribution is 5.96. The number of amides is 2. The van der Waals surface area contributed by atoms with Gasteiger partial charge in [-0.05, 0) is 55.9 Å². The number of H-pyrrole nitrogens is 1. The Labute approximate surface area is 220 Å². The lowest BCUT2D eigenvalue weighted by molar-refractivity contribution is -0.136. The molecule has 196 valence electrons. The summed E-state index contributed by atoms with van der Waals surface area (Å²) in [5, 5.41) is 1.11. The van der Waals surface area contributed by atoms with E-state index < -0.39 is 0 Å². The second-order valence-electron chi connectivity index (χ2n) is 10.6. The molecule has 37 heavy (non-hydrogen) atoms. The number of benzene rings is 2. The third-order valence-corrected chi connectivity index (χ3v) is 8.04. The van der Waals surface area contributed by atoms with Crippen LogP contribution in [0.25, 0.3) is 10.9 Å². The highest BCUT2D eigenvalue weighted by atomic mass is 16.5. The van der Waals surface area contributed by atoms with Gasteiger partial charge in [-0.2, -0.15) is 0 Å². The molecule has 0 radical (unpaired) electrons. The summed E-state index contributed by atoms with van der Waals surface area (Å²) < 4.78 is 6.63. The van der Waals surface area contributed by atoms with E-state index >= 15 is 0 Å². The lowest BCUT2D eigenvalue weighted by Gasteiger charge is -2.40. The average molecular weight is 502 g/mol. The number of nitrogens with zero attached hydrogens (tertiary/aromatic N) is 2. The first-order chi connectivity index (χ1) is 18.1. The summed E-state index contributed by atoms with van der Waals surface area (Å²) in [5.74, 6) is 0.805. The van der Waals surface area contributed by atoms with Gasteiger partial charge in [0.2, 0.25) is 5.91 Å². The Morgan fingerprint density at radius 2 is 1.65 bits per heavy atom. The van der Waals surface area contributed by atoms with E-state index in [0.29, 0.717) is 17.7 Å². The summed E-state index contributed by atoms with van der Waals surface area (Å²) >= 11 is 0. The van der Waals surface area contributed by atoms with E-state index in [1.807, 2.05) is 54.5 Å². The molecule has 3 aromatic rings. The Balaban J connectivity index is 1.43. The predicted octanol–water partition coefficient (Wildman–Crippen LogP) is 5.97. The Morgan fingerprint density at radius 3 is 2.54 bits per heavy atom. The SMILES string of the molecule is CN1CCCCCCCN(C(=O)Cc2c[nH]c3ccccc23)[C@@H]2CCCC[C@@H]2Oc2ccccc2C1=O. The summed E-state index contributed by atoms with van der Waals surface area (Å²) in [5.41, 5.74) is 2.72. The van der Waals surface area contributed by atoms with Crippen molar-refractivity contribution in [3.05, 3.63) is 65.9 Å². The first-order valence-corrected chi connectivity index (χ1v) is 14.0. The number of aromatic amines is 1. The predicted molar refractivity (Wildman–Crippen MR) is 147 cm³/mol. The molecule has 6 heteroatoms. The molecule has 2 aliphatic rings. The molecule has 1 fully saturated rings. The van der Waals surface area contributed by atoms with Crippen molar-refractivity contribution in [1.29, 1.82) is 0 Å². The van der Waals surface area contributed by atoms with Gasteiger partial charge in [0.25, 0.3) is 5.91 Å². The Hall–Kier alpha value is -3.28.